The Morgan fingerprint density at radius 3 is 2.47 bits per heavy atom. The van der Waals surface area contributed by atoms with E-state index in [1.54, 1.807) is 49.1 Å². The van der Waals surface area contributed by atoms with Gasteiger partial charge in [-0.05, 0) is 69.0 Å². The number of carbonyl (C=O) groups is 4. The number of amides is 3. The molecule has 2 aromatic carbocycles. The summed E-state index contributed by atoms with van der Waals surface area (Å²) in [4.78, 5) is 56.0. The predicted molar refractivity (Wildman–Crippen MR) is 163 cm³/mol. The van der Waals surface area contributed by atoms with Gasteiger partial charge in [0.15, 0.2) is 6.29 Å². The molecule has 5 rings (SSSR count). The van der Waals surface area contributed by atoms with Crippen molar-refractivity contribution in [2.75, 3.05) is 17.7 Å². The number of anilines is 2. The summed E-state index contributed by atoms with van der Waals surface area (Å²) in [7, 11) is 1.35. The van der Waals surface area contributed by atoms with Gasteiger partial charge in [-0.1, -0.05) is 35.3 Å². The molecule has 228 valence electrons. The minimum absolute atomic E-state index is 0.190. The van der Waals surface area contributed by atoms with Crippen LogP contribution >= 0.6 is 23.2 Å². The lowest BCUT2D eigenvalue weighted by Crippen LogP contribution is -2.53. The highest BCUT2D eigenvalue weighted by atomic mass is 35.5. The molecule has 1 aliphatic carbocycles. The molecule has 13 heteroatoms. The van der Waals surface area contributed by atoms with E-state index >= 15 is 0 Å². The van der Waals surface area contributed by atoms with Crippen LogP contribution in [0.15, 0.2) is 54.4 Å². The van der Waals surface area contributed by atoms with Crippen molar-refractivity contribution in [3.63, 3.8) is 0 Å². The van der Waals surface area contributed by atoms with Gasteiger partial charge in [-0.15, -0.1) is 0 Å². The number of hydrogen-bond acceptors (Lipinski definition) is 8. The highest BCUT2D eigenvalue weighted by Gasteiger charge is 2.58. The molecule has 11 nitrogen and oxygen atoms in total. The van der Waals surface area contributed by atoms with Gasteiger partial charge in [-0.25, -0.2) is 0 Å². The summed E-state index contributed by atoms with van der Waals surface area (Å²) in [5.41, 5.74) is 6.77. The number of nitrogens with zero attached hydrogens (tertiary/aromatic N) is 2. The molecule has 1 saturated heterocycles. The molecule has 0 radical (unpaired) electrons. The number of methoxy groups -OCH3 is 1. The van der Waals surface area contributed by atoms with Crippen LogP contribution in [0.3, 0.4) is 0 Å². The lowest BCUT2D eigenvalue weighted by atomic mass is 9.90. The minimum atomic E-state index is -1.21. The molecule has 3 amide bonds. The molecular weight excluding hydrogens is 595 g/mol. The van der Waals surface area contributed by atoms with Crippen LogP contribution in [0.1, 0.15) is 38.7 Å². The fourth-order valence-corrected chi connectivity index (χ4v) is 6.60. The van der Waals surface area contributed by atoms with E-state index in [0.717, 1.165) is 5.56 Å². The van der Waals surface area contributed by atoms with Gasteiger partial charge in [0.2, 0.25) is 5.91 Å². The Morgan fingerprint density at radius 1 is 1.14 bits per heavy atom. The first-order valence-corrected chi connectivity index (χ1v) is 14.8. The van der Waals surface area contributed by atoms with Crippen LogP contribution < -0.4 is 26.6 Å². The first kappa shape index (κ1) is 30.5. The zero-order valence-corrected chi connectivity index (χ0v) is 25.5. The molecule has 2 fully saturated rings. The van der Waals surface area contributed by atoms with Crippen molar-refractivity contribution in [2.45, 2.75) is 63.4 Å². The summed E-state index contributed by atoms with van der Waals surface area (Å²) in [6.07, 6.45) is 2.81. The number of nitrogens with one attached hydrogen (secondary N) is 3. The van der Waals surface area contributed by atoms with E-state index < -0.39 is 23.8 Å². The SMILES string of the molecule is COC(=O)[C@@H]1CC[C@@H](NC(=O)[C@H](C)NC(=O)C2=CNC3N(c4cc(Cl)cc(Cl)c4)C(=O)[C@@](C)(Cc4ccc(N)cc4)N23)C1. The molecule has 5 atom stereocenters. The Labute approximate surface area is 259 Å². The topological polar surface area (TPSA) is 146 Å². The third kappa shape index (κ3) is 5.96. The van der Waals surface area contributed by atoms with Crippen molar-refractivity contribution in [3.8, 4) is 0 Å². The molecule has 1 unspecified atom stereocenters. The summed E-state index contributed by atoms with van der Waals surface area (Å²) in [5.74, 6) is -1.71. The maximum atomic E-state index is 14.2. The zero-order valence-electron chi connectivity index (χ0n) is 24.0. The van der Waals surface area contributed by atoms with E-state index in [4.69, 9.17) is 33.7 Å². The molecule has 3 aliphatic rings. The highest BCUT2D eigenvalue weighted by Crippen LogP contribution is 2.42. The van der Waals surface area contributed by atoms with Gasteiger partial charge >= 0.3 is 5.97 Å². The second-order valence-electron chi connectivity index (χ2n) is 11.4. The Bertz CT molecular complexity index is 1460. The molecule has 2 heterocycles. The van der Waals surface area contributed by atoms with Crippen molar-refractivity contribution in [3.05, 3.63) is 70.0 Å². The number of ether oxygens (including phenoxy) is 1. The van der Waals surface area contributed by atoms with Crippen LogP contribution in [0.5, 0.6) is 0 Å². The van der Waals surface area contributed by atoms with E-state index in [0.29, 0.717) is 40.7 Å². The molecule has 0 spiro atoms. The van der Waals surface area contributed by atoms with Crippen LogP contribution in [0, 0.1) is 5.92 Å². The van der Waals surface area contributed by atoms with Crippen LogP contribution in [-0.2, 0) is 30.3 Å². The standard InChI is InChI=1S/C30H34Cl2N6O5/c1-16(25(39)36-22-9-6-18(10-22)27(41)43-3)35-26(40)24-15-34-29-37(23-12-19(31)11-20(32)13-23)28(42)30(2,38(24)29)14-17-4-7-21(33)8-5-17/h4-5,7-8,11-13,15-16,18,22,29,34H,6,9-10,14,33H2,1-3H3,(H,35,40)(H,36,39)/t16-,18+,22+,29?,30+/m0/s1. The first-order chi connectivity index (χ1) is 20.4. The number of nitrogen functional groups attached to an aromatic ring is 1. The zero-order chi connectivity index (χ0) is 31.1. The third-order valence-electron chi connectivity index (χ3n) is 8.27. The predicted octanol–water partition coefficient (Wildman–Crippen LogP) is 2.92. The number of nitrogens with two attached hydrogens (primary N) is 1. The number of rotatable bonds is 8. The van der Waals surface area contributed by atoms with Gasteiger partial charge < -0.3 is 31.3 Å². The number of carbonyl (C=O) groups excluding carboxylic acids is 4. The smallest absolute Gasteiger partial charge is 0.308 e. The van der Waals surface area contributed by atoms with E-state index in [9.17, 15) is 19.2 Å². The molecule has 0 aromatic heterocycles. The van der Waals surface area contributed by atoms with Crippen molar-refractivity contribution < 1.29 is 23.9 Å². The molecule has 1 saturated carbocycles. The molecule has 0 bridgehead atoms. The van der Waals surface area contributed by atoms with Gasteiger partial charge in [0.05, 0.1) is 18.7 Å². The maximum Gasteiger partial charge on any atom is 0.308 e. The Balaban J connectivity index is 1.36. The number of halogens is 2. The Kier molecular flexibility index (Phi) is 8.49. The second kappa shape index (κ2) is 12.0. The fourth-order valence-electron chi connectivity index (χ4n) is 6.09. The lowest BCUT2D eigenvalue weighted by Gasteiger charge is -2.34. The van der Waals surface area contributed by atoms with Crippen LogP contribution in [0.25, 0.3) is 0 Å². The highest BCUT2D eigenvalue weighted by molar-refractivity contribution is 6.35. The van der Waals surface area contributed by atoms with Gasteiger partial charge in [0.1, 0.15) is 17.3 Å². The summed E-state index contributed by atoms with van der Waals surface area (Å²) in [5, 5.41) is 9.57. The molecule has 2 aliphatic heterocycles. The van der Waals surface area contributed by atoms with E-state index in [1.807, 2.05) is 12.1 Å². The van der Waals surface area contributed by atoms with Gasteiger partial charge in [-0.3, -0.25) is 24.1 Å². The fraction of sp³-hybridized carbons (Fsp3) is 0.400. The average Bonchev–Trinajstić information content (AvgIpc) is 3.65. The van der Waals surface area contributed by atoms with Crippen molar-refractivity contribution in [1.29, 1.82) is 0 Å². The number of hydrogen-bond donors (Lipinski definition) is 4. The van der Waals surface area contributed by atoms with Crippen molar-refractivity contribution in [1.82, 2.24) is 20.9 Å². The van der Waals surface area contributed by atoms with E-state index in [1.165, 1.54) is 18.2 Å². The van der Waals surface area contributed by atoms with Gasteiger partial charge in [0.25, 0.3) is 11.8 Å². The van der Waals surface area contributed by atoms with E-state index in [-0.39, 0.29) is 41.9 Å². The number of fused-ring (bicyclic) bond motifs is 1. The first-order valence-electron chi connectivity index (χ1n) is 14.0. The average molecular weight is 630 g/mol. The Hall–Kier alpha value is -3.96. The number of esters is 1. The van der Waals surface area contributed by atoms with Crippen molar-refractivity contribution in [2.24, 2.45) is 5.92 Å². The summed E-state index contributed by atoms with van der Waals surface area (Å²) in [6.45, 7) is 3.36. The summed E-state index contributed by atoms with van der Waals surface area (Å²) >= 11 is 12.6. The third-order valence-corrected chi connectivity index (χ3v) is 8.71. The van der Waals surface area contributed by atoms with Crippen LogP contribution in [-0.4, -0.2) is 59.6 Å². The second-order valence-corrected chi connectivity index (χ2v) is 12.2. The Morgan fingerprint density at radius 2 is 1.81 bits per heavy atom. The minimum Gasteiger partial charge on any atom is -0.469 e. The lowest BCUT2D eigenvalue weighted by molar-refractivity contribution is -0.145. The molecule has 2 aromatic rings. The van der Waals surface area contributed by atoms with Crippen LogP contribution in [0.2, 0.25) is 10.0 Å². The van der Waals surface area contributed by atoms with Gasteiger partial charge in [-0.2, -0.15) is 0 Å². The summed E-state index contributed by atoms with van der Waals surface area (Å²) in [6, 6.07) is 11.0. The van der Waals surface area contributed by atoms with Gasteiger partial charge in [0, 0.05) is 34.4 Å². The quantitative estimate of drug-likeness (QED) is 0.258. The molecular formula is C30H34Cl2N6O5. The molecule has 43 heavy (non-hydrogen) atoms. The summed E-state index contributed by atoms with van der Waals surface area (Å²) < 4.78 is 4.82. The molecule has 5 N–H and O–H groups in total. The monoisotopic (exact) mass is 628 g/mol. The largest absolute Gasteiger partial charge is 0.469 e. The van der Waals surface area contributed by atoms with E-state index in [2.05, 4.69) is 16.0 Å². The normalized spacial score (nSPS) is 25.1. The number of benzene rings is 2. The maximum absolute atomic E-state index is 14.2. The van der Waals surface area contributed by atoms with Crippen molar-refractivity contribution >= 4 is 58.3 Å². The van der Waals surface area contributed by atoms with Crippen LogP contribution in [0.4, 0.5) is 11.4 Å².